The standard InChI is InChI=1S/C32H21N5O8/c38-25-14-13-19(37(44)45)15-22(25)29(39)34-33-16-32-23-7-3-1-5-20(23)26(21-6-2-4-8-24(21)32)27-28(32)31(41)35(30(27)40)17-9-11-18(12-10-17)36(42)43/h1-16,26-28,38H,(H,34,39)/b33-16-/t26?,27-,28-,32?/m1/s1. The number of imide groups is 1. The van der Waals surface area contributed by atoms with E-state index in [1.807, 2.05) is 48.5 Å². The molecule has 222 valence electrons. The molecule has 0 radical (unpaired) electrons. The highest BCUT2D eigenvalue weighted by Gasteiger charge is 2.68. The van der Waals surface area contributed by atoms with E-state index in [1.54, 1.807) is 0 Å². The van der Waals surface area contributed by atoms with Crippen LogP contribution < -0.4 is 10.3 Å². The summed E-state index contributed by atoms with van der Waals surface area (Å²) in [5.41, 5.74) is 3.31. The first-order valence-corrected chi connectivity index (χ1v) is 13.8. The maximum Gasteiger partial charge on any atom is 0.275 e. The first-order valence-electron chi connectivity index (χ1n) is 13.8. The molecule has 3 aliphatic carbocycles. The Morgan fingerprint density at radius 1 is 0.844 bits per heavy atom. The van der Waals surface area contributed by atoms with Crippen LogP contribution >= 0.6 is 0 Å². The number of carbonyl (C=O) groups excluding carboxylic acids is 3. The van der Waals surface area contributed by atoms with Gasteiger partial charge in [0.15, 0.2) is 0 Å². The predicted octanol–water partition coefficient (Wildman–Crippen LogP) is 4.18. The van der Waals surface area contributed by atoms with Gasteiger partial charge in [0.05, 0.1) is 38.3 Å². The number of non-ortho nitro benzene ring substituents is 2. The average Bonchev–Trinajstić information content (AvgIpc) is 3.31. The van der Waals surface area contributed by atoms with E-state index in [1.165, 1.54) is 30.5 Å². The van der Waals surface area contributed by atoms with E-state index in [4.69, 9.17) is 0 Å². The minimum absolute atomic E-state index is 0.190. The zero-order chi connectivity index (χ0) is 31.6. The molecule has 13 heteroatoms. The summed E-state index contributed by atoms with van der Waals surface area (Å²) >= 11 is 0. The lowest BCUT2D eigenvalue weighted by Crippen LogP contribution is -2.54. The molecule has 1 saturated heterocycles. The highest BCUT2D eigenvalue weighted by molar-refractivity contribution is 6.25. The van der Waals surface area contributed by atoms with Crippen molar-refractivity contribution in [1.29, 1.82) is 0 Å². The number of phenols is 1. The second-order valence-electron chi connectivity index (χ2n) is 11.0. The number of nitrogens with one attached hydrogen (secondary N) is 1. The van der Waals surface area contributed by atoms with E-state index in [-0.39, 0.29) is 16.9 Å². The van der Waals surface area contributed by atoms with Crippen LogP contribution in [0.5, 0.6) is 5.75 Å². The Kier molecular flexibility index (Phi) is 6.07. The lowest BCUT2D eigenvalue weighted by Gasteiger charge is -2.52. The van der Waals surface area contributed by atoms with E-state index in [0.29, 0.717) is 0 Å². The van der Waals surface area contributed by atoms with Gasteiger partial charge in [-0.3, -0.25) is 34.6 Å². The van der Waals surface area contributed by atoms with E-state index in [2.05, 4.69) is 10.5 Å². The Hall–Kier alpha value is -6.24. The highest BCUT2D eigenvalue weighted by Crippen LogP contribution is 2.63. The molecule has 8 rings (SSSR count). The number of nitrogens with zero attached hydrogens (tertiary/aromatic N) is 4. The van der Waals surface area contributed by atoms with Crippen molar-refractivity contribution in [1.82, 2.24) is 5.43 Å². The molecule has 4 aliphatic rings. The van der Waals surface area contributed by atoms with Crippen molar-refractivity contribution in [3.63, 3.8) is 0 Å². The van der Waals surface area contributed by atoms with Crippen molar-refractivity contribution >= 4 is 41.0 Å². The molecular weight excluding hydrogens is 582 g/mol. The number of nitro groups is 2. The number of aromatic hydroxyl groups is 1. The van der Waals surface area contributed by atoms with Crippen LogP contribution in [0.3, 0.4) is 0 Å². The molecule has 2 atom stereocenters. The highest BCUT2D eigenvalue weighted by atomic mass is 16.6. The molecule has 13 nitrogen and oxygen atoms in total. The molecule has 4 aromatic carbocycles. The number of anilines is 1. The zero-order valence-electron chi connectivity index (χ0n) is 23.1. The fourth-order valence-corrected chi connectivity index (χ4v) is 7.10. The average molecular weight is 604 g/mol. The van der Waals surface area contributed by atoms with Gasteiger partial charge >= 0.3 is 0 Å². The van der Waals surface area contributed by atoms with Crippen LogP contribution in [0.4, 0.5) is 17.1 Å². The molecule has 2 bridgehead atoms. The number of benzene rings is 4. The molecular formula is C32H21N5O8. The van der Waals surface area contributed by atoms with E-state index < -0.39 is 62.2 Å². The molecule has 0 spiro atoms. The monoisotopic (exact) mass is 603 g/mol. The Balaban J connectivity index is 1.36. The summed E-state index contributed by atoms with van der Waals surface area (Å²) in [5.74, 6) is -4.70. The molecule has 1 fully saturated rings. The molecule has 2 N–H and O–H groups in total. The van der Waals surface area contributed by atoms with Crippen LogP contribution in [-0.4, -0.2) is 38.9 Å². The van der Waals surface area contributed by atoms with Crippen LogP contribution in [0.2, 0.25) is 0 Å². The summed E-state index contributed by atoms with van der Waals surface area (Å²) in [4.78, 5) is 63.9. The number of rotatable bonds is 6. The van der Waals surface area contributed by atoms with Gasteiger partial charge in [0, 0.05) is 36.4 Å². The number of hydrazone groups is 1. The third-order valence-corrected chi connectivity index (χ3v) is 8.87. The molecule has 1 aliphatic heterocycles. The van der Waals surface area contributed by atoms with Gasteiger partial charge < -0.3 is 5.11 Å². The number of amides is 3. The molecule has 4 aromatic rings. The summed E-state index contributed by atoms with van der Waals surface area (Å²) < 4.78 is 0. The van der Waals surface area contributed by atoms with Crippen molar-refractivity contribution < 1.29 is 29.3 Å². The molecule has 3 amide bonds. The first-order chi connectivity index (χ1) is 21.6. The number of hydrogen-bond donors (Lipinski definition) is 2. The summed E-state index contributed by atoms with van der Waals surface area (Å²) in [7, 11) is 0. The van der Waals surface area contributed by atoms with Crippen molar-refractivity contribution in [2.75, 3.05) is 4.90 Å². The van der Waals surface area contributed by atoms with Gasteiger partial charge in [-0.2, -0.15) is 5.10 Å². The SMILES string of the molecule is O=C(N/N=C\C12c3ccccc3C(c3ccccc31)[C@H]1C(=O)N(c3ccc([N+](=O)[O-])cc3)C(=O)[C@@H]12)c1cc([N+](=O)[O-])ccc1O. The molecule has 1 heterocycles. The fourth-order valence-electron chi connectivity index (χ4n) is 7.10. The number of carbonyl (C=O) groups is 3. The Bertz CT molecular complexity index is 1960. The largest absolute Gasteiger partial charge is 0.507 e. The van der Waals surface area contributed by atoms with E-state index >= 15 is 0 Å². The van der Waals surface area contributed by atoms with E-state index in [0.717, 1.165) is 45.4 Å². The van der Waals surface area contributed by atoms with Crippen LogP contribution in [0.1, 0.15) is 38.5 Å². The molecule has 0 saturated carbocycles. The number of phenolic OH excluding ortho intramolecular Hbond substituents is 1. The molecule has 45 heavy (non-hydrogen) atoms. The summed E-state index contributed by atoms with van der Waals surface area (Å²) in [6.45, 7) is 0. The second kappa shape index (κ2) is 9.91. The fraction of sp³-hybridized carbons (Fsp3) is 0.125. The number of hydrogen-bond acceptors (Lipinski definition) is 9. The lowest BCUT2D eigenvalue weighted by atomic mass is 9.47. The molecule has 0 aromatic heterocycles. The first kappa shape index (κ1) is 27.6. The van der Waals surface area contributed by atoms with Gasteiger partial charge in [-0.1, -0.05) is 48.5 Å². The van der Waals surface area contributed by atoms with Crippen LogP contribution in [0, 0.1) is 32.1 Å². The topological polar surface area (TPSA) is 185 Å². The Morgan fingerprint density at radius 3 is 2.02 bits per heavy atom. The minimum atomic E-state index is -1.33. The van der Waals surface area contributed by atoms with Crippen molar-refractivity contribution in [3.05, 3.63) is 139 Å². The quantitative estimate of drug-likeness (QED) is 0.142. The minimum Gasteiger partial charge on any atom is -0.507 e. The summed E-state index contributed by atoms with van der Waals surface area (Å²) in [6.07, 6.45) is 1.41. The van der Waals surface area contributed by atoms with Gasteiger partial charge in [0.1, 0.15) is 5.75 Å². The Morgan fingerprint density at radius 2 is 1.42 bits per heavy atom. The predicted molar refractivity (Wildman–Crippen MR) is 159 cm³/mol. The third-order valence-electron chi connectivity index (χ3n) is 8.87. The maximum absolute atomic E-state index is 14.4. The van der Waals surface area contributed by atoms with Crippen molar-refractivity contribution in [2.24, 2.45) is 16.9 Å². The molecule has 0 unspecified atom stereocenters. The normalized spacial score (nSPS) is 22.6. The van der Waals surface area contributed by atoms with Crippen LogP contribution in [0.15, 0.2) is 96.1 Å². The number of nitro benzene ring substituents is 2. The van der Waals surface area contributed by atoms with Gasteiger partial charge in [-0.25, -0.2) is 10.3 Å². The van der Waals surface area contributed by atoms with Gasteiger partial charge in [0.25, 0.3) is 17.3 Å². The third kappa shape index (κ3) is 3.87. The smallest absolute Gasteiger partial charge is 0.275 e. The van der Waals surface area contributed by atoms with Gasteiger partial charge in [-0.05, 0) is 40.5 Å². The van der Waals surface area contributed by atoms with Crippen LogP contribution in [0.25, 0.3) is 0 Å². The second-order valence-corrected chi connectivity index (χ2v) is 11.0. The lowest BCUT2D eigenvalue weighted by molar-refractivity contribution is -0.385. The Labute approximate surface area is 253 Å². The van der Waals surface area contributed by atoms with Gasteiger partial charge in [-0.15, -0.1) is 0 Å². The van der Waals surface area contributed by atoms with Crippen LogP contribution in [-0.2, 0) is 15.0 Å². The van der Waals surface area contributed by atoms with Gasteiger partial charge in [0.2, 0.25) is 11.8 Å². The van der Waals surface area contributed by atoms with Crippen molar-refractivity contribution in [3.8, 4) is 5.75 Å². The zero-order valence-corrected chi connectivity index (χ0v) is 23.1. The summed E-state index contributed by atoms with van der Waals surface area (Å²) in [6, 6.07) is 23.0. The summed E-state index contributed by atoms with van der Waals surface area (Å²) in [5, 5.41) is 36.9. The van der Waals surface area contributed by atoms with E-state index in [9.17, 15) is 39.7 Å². The van der Waals surface area contributed by atoms with Crippen molar-refractivity contribution in [2.45, 2.75) is 11.3 Å². The maximum atomic E-state index is 14.4.